The van der Waals surface area contributed by atoms with Crippen LogP contribution in [0.2, 0.25) is 15.1 Å². The predicted octanol–water partition coefficient (Wildman–Crippen LogP) is 6.89. The molecule has 0 aromatic heterocycles. The van der Waals surface area contributed by atoms with E-state index in [1.54, 1.807) is 6.07 Å². The van der Waals surface area contributed by atoms with Crippen molar-refractivity contribution in [3.63, 3.8) is 0 Å². The maximum atomic E-state index is 6.50. The molecule has 0 saturated heterocycles. The van der Waals surface area contributed by atoms with Crippen molar-refractivity contribution in [2.24, 2.45) is 5.10 Å². The molecule has 5 rings (SSSR count). The number of ether oxygens (including phenoxy) is 1. The van der Waals surface area contributed by atoms with Crippen LogP contribution in [-0.4, -0.2) is 10.7 Å². The molecule has 0 N–H and O–H groups in total. The number of nitrogens with zero attached hydrogens (tertiary/aromatic N) is 2. The number of fused-ring (bicyclic) bond motifs is 3. The molecule has 2 aliphatic rings. The van der Waals surface area contributed by atoms with E-state index in [0.717, 1.165) is 34.6 Å². The van der Waals surface area contributed by atoms with Crippen LogP contribution in [0.1, 0.15) is 35.4 Å². The lowest BCUT2D eigenvalue weighted by Crippen LogP contribution is -2.33. The summed E-state index contributed by atoms with van der Waals surface area (Å²) in [5.74, 6) is 0.797. The van der Waals surface area contributed by atoms with Gasteiger partial charge in [0.15, 0.2) is 0 Å². The molecule has 0 aliphatic carbocycles. The van der Waals surface area contributed by atoms with Gasteiger partial charge in [-0.25, -0.2) is 5.01 Å². The fourth-order valence-electron chi connectivity index (χ4n) is 3.77. The average molecular weight is 430 g/mol. The Balaban J connectivity index is 1.63. The smallest absolute Gasteiger partial charge is 0.215 e. The molecule has 3 aromatic rings. The lowest BCUT2D eigenvalue weighted by atomic mass is 9.96. The van der Waals surface area contributed by atoms with Gasteiger partial charge in [0.2, 0.25) is 6.23 Å². The summed E-state index contributed by atoms with van der Waals surface area (Å²) in [5.41, 5.74) is 3.97. The van der Waals surface area contributed by atoms with E-state index in [1.807, 2.05) is 53.5 Å². The first-order valence-electron chi connectivity index (χ1n) is 8.92. The zero-order valence-electron chi connectivity index (χ0n) is 14.6. The van der Waals surface area contributed by atoms with Crippen molar-refractivity contribution in [1.82, 2.24) is 5.01 Å². The molecule has 3 nitrogen and oxygen atoms in total. The van der Waals surface area contributed by atoms with Gasteiger partial charge in [-0.05, 0) is 35.9 Å². The normalized spacial score (nSPS) is 20.2. The second-order valence-electron chi connectivity index (χ2n) is 6.83. The first kappa shape index (κ1) is 17.9. The van der Waals surface area contributed by atoms with Gasteiger partial charge in [0, 0.05) is 27.6 Å². The number of benzene rings is 3. The largest absolute Gasteiger partial charge is 0.464 e. The first-order valence-corrected chi connectivity index (χ1v) is 10.1. The molecule has 3 aromatic carbocycles. The molecule has 0 saturated carbocycles. The van der Waals surface area contributed by atoms with Crippen molar-refractivity contribution in [1.29, 1.82) is 0 Å². The minimum absolute atomic E-state index is 0.0226. The third kappa shape index (κ3) is 3.04. The Morgan fingerprint density at radius 2 is 1.61 bits per heavy atom. The van der Waals surface area contributed by atoms with E-state index in [1.165, 1.54) is 0 Å². The van der Waals surface area contributed by atoms with E-state index in [9.17, 15) is 0 Å². The van der Waals surface area contributed by atoms with Crippen LogP contribution in [0.3, 0.4) is 0 Å². The minimum Gasteiger partial charge on any atom is -0.464 e. The monoisotopic (exact) mass is 428 g/mol. The Kier molecular flexibility index (Phi) is 4.47. The van der Waals surface area contributed by atoms with Crippen molar-refractivity contribution in [2.75, 3.05) is 0 Å². The van der Waals surface area contributed by atoms with Gasteiger partial charge in [0.05, 0.1) is 16.8 Å². The van der Waals surface area contributed by atoms with Crippen LogP contribution < -0.4 is 4.74 Å². The van der Waals surface area contributed by atoms with Gasteiger partial charge in [-0.3, -0.25) is 0 Å². The quantitative estimate of drug-likeness (QED) is 0.443. The summed E-state index contributed by atoms with van der Waals surface area (Å²) < 4.78 is 6.32. The molecule has 0 amide bonds. The van der Waals surface area contributed by atoms with E-state index < -0.39 is 6.23 Å². The standard InChI is InChI=1S/C22H15Cl3N2O/c23-14-7-9-21-17(10-14)20-12-19(13-4-2-1-3-5-13)26-27(20)22(28-21)16-8-6-15(24)11-18(16)25/h1-11,20,22H,12H2/t20-,22-/m0/s1. The SMILES string of the molecule is Clc1ccc([C@@H]2Oc3ccc(Cl)cc3[C@@H]3CC(c4ccccc4)=NN32)c(Cl)c1. The van der Waals surface area contributed by atoms with Crippen molar-refractivity contribution in [2.45, 2.75) is 18.7 Å². The highest BCUT2D eigenvalue weighted by Gasteiger charge is 2.41. The summed E-state index contributed by atoms with van der Waals surface area (Å²) in [7, 11) is 0. The van der Waals surface area contributed by atoms with Gasteiger partial charge >= 0.3 is 0 Å². The summed E-state index contributed by atoms with van der Waals surface area (Å²) in [5, 5.41) is 8.72. The molecular weight excluding hydrogens is 415 g/mol. The maximum Gasteiger partial charge on any atom is 0.215 e. The molecule has 0 unspecified atom stereocenters. The van der Waals surface area contributed by atoms with Crippen LogP contribution in [0.4, 0.5) is 0 Å². The van der Waals surface area contributed by atoms with Crippen LogP contribution in [0.15, 0.2) is 71.8 Å². The highest BCUT2D eigenvalue weighted by atomic mass is 35.5. The highest BCUT2D eigenvalue weighted by Crippen LogP contribution is 2.49. The molecule has 2 heterocycles. The fraction of sp³-hybridized carbons (Fsp3) is 0.136. The van der Waals surface area contributed by atoms with E-state index in [0.29, 0.717) is 15.1 Å². The van der Waals surface area contributed by atoms with E-state index in [-0.39, 0.29) is 6.04 Å². The van der Waals surface area contributed by atoms with Crippen LogP contribution in [0.25, 0.3) is 0 Å². The number of hydrogen-bond donors (Lipinski definition) is 0. The molecule has 28 heavy (non-hydrogen) atoms. The summed E-state index contributed by atoms with van der Waals surface area (Å²) in [6.07, 6.45) is 0.326. The summed E-state index contributed by atoms with van der Waals surface area (Å²) in [6, 6.07) is 21.3. The van der Waals surface area contributed by atoms with Gasteiger partial charge in [-0.15, -0.1) is 0 Å². The zero-order valence-corrected chi connectivity index (χ0v) is 16.9. The summed E-state index contributed by atoms with van der Waals surface area (Å²) in [4.78, 5) is 0. The molecule has 2 atom stereocenters. The molecular formula is C22H15Cl3N2O. The Morgan fingerprint density at radius 3 is 2.39 bits per heavy atom. The number of halogens is 3. The third-order valence-corrected chi connectivity index (χ3v) is 5.88. The topological polar surface area (TPSA) is 24.8 Å². The number of rotatable bonds is 2. The second kappa shape index (κ2) is 7.00. The Morgan fingerprint density at radius 1 is 0.857 bits per heavy atom. The second-order valence-corrected chi connectivity index (χ2v) is 8.11. The van der Waals surface area contributed by atoms with Crippen molar-refractivity contribution >= 4 is 40.5 Å². The van der Waals surface area contributed by atoms with Gasteiger partial charge in [0.1, 0.15) is 5.75 Å². The molecule has 0 radical (unpaired) electrons. The van der Waals surface area contributed by atoms with Crippen molar-refractivity contribution < 1.29 is 4.74 Å². The van der Waals surface area contributed by atoms with Crippen LogP contribution in [0, 0.1) is 0 Å². The highest BCUT2D eigenvalue weighted by molar-refractivity contribution is 6.35. The Hall–Kier alpha value is -2.20. The third-order valence-electron chi connectivity index (χ3n) is 5.09. The number of hydrogen-bond acceptors (Lipinski definition) is 3. The van der Waals surface area contributed by atoms with Crippen LogP contribution in [0.5, 0.6) is 5.75 Å². The Bertz CT molecular complexity index is 1080. The minimum atomic E-state index is -0.440. The van der Waals surface area contributed by atoms with Gasteiger partial charge in [0.25, 0.3) is 0 Å². The van der Waals surface area contributed by atoms with Crippen molar-refractivity contribution in [3.05, 3.63) is 98.5 Å². The van der Waals surface area contributed by atoms with Crippen LogP contribution >= 0.6 is 34.8 Å². The molecule has 140 valence electrons. The predicted molar refractivity (Wildman–Crippen MR) is 113 cm³/mol. The van der Waals surface area contributed by atoms with Gasteiger partial charge in [-0.1, -0.05) is 71.2 Å². The lowest BCUT2D eigenvalue weighted by Gasteiger charge is -2.38. The molecule has 0 fully saturated rings. The van der Waals surface area contributed by atoms with Crippen molar-refractivity contribution in [3.8, 4) is 5.75 Å². The van der Waals surface area contributed by atoms with Gasteiger partial charge in [-0.2, -0.15) is 5.10 Å². The maximum absolute atomic E-state index is 6.50. The number of hydrazone groups is 1. The van der Waals surface area contributed by atoms with Crippen LogP contribution in [-0.2, 0) is 0 Å². The first-order chi connectivity index (χ1) is 13.6. The molecule has 0 bridgehead atoms. The molecule has 6 heteroatoms. The molecule has 2 aliphatic heterocycles. The van der Waals surface area contributed by atoms with E-state index >= 15 is 0 Å². The summed E-state index contributed by atoms with van der Waals surface area (Å²) in [6.45, 7) is 0. The van der Waals surface area contributed by atoms with Gasteiger partial charge < -0.3 is 4.74 Å². The zero-order chi connectivity index (χ0) is 19.3. The average Bonchev–Trinajstić information content (AvgIpc) is 3.14. The summed E-state index contributed by atoms with van der Waals surface area (Å²) >= 11 is 18.9. The fourth-order valence-corrected chi connectivity index (χ4v) is 4.45. The van der Waals surface area contributed by atoms with E-state index in [2.05, 4.69) is 12.1 Å². The molecule has 0 spiro atoms. The lowest BCUT2D eigenvalue weighted by molar-refractivity contribution is -0.0189. The van der Waals surface area contributed by atoms with E-state index in [4.69, 9.17) is 44.6 Å². The Labute approximate surface area is 178 Å².